The normalized spacial score (nSPS) is 10.2. The first kappa shape index (κ1) is 18.7. The molecular formula is C21H22F2N2. The van der Waals surface area contributed by atoms with E-state index < -0.39 is 11.6 Å². The third kappa shape index (κ3) is 3.73. The first-order valence-corrected chi connectivity index (χ1v) is 8.34. The first-order chi connectivity index (χ1) is 12.0. The van der Waals surface area contributed by atoms with E-state index in [1.165, 1.54) is 12.1 Å². The van der Waals surface area contributed by atoms with Crippen LogP contribution in [-0.2, 0) is 0 Å². The summed E-state index contributed by atoms with van der Waals surface area (Å²) in [4.78, 5) is 0. The van der Waals surface area contributed by atoms with Crippen LogP contribution in [0, 0.1) is 32.4 Å². The van der Waals surface area contributed by atoms with Crippen molar-refractivity contribution in [3.8, 4) is 22.3 Å². The van der Waals surface area contributed by atoms with Gasteiger partial charge in [0.25, 0.3) is 0 Å². The Morgan fingerprint density at radius 2 is 1.16 bits per heavy atom. The number of hydrogen-bond acceptors (Lipinski definition) is 2. The molecule has 3 rings (SSSR count). The molecule has 0 unspecified atom stereocenters. The molecule has 0 amide bonds. The average molecular weight is 340 g/mol. The van der Waals surface area contributed by atoms with Gasteiger partial charge in [0.2, 0.25) is 0 Å². The Balaban J connectivity index is 0.00000109. The van der Waals surface area contributed by atoms with Crippen molar-refractivity contribution < 1.29 is 8.78 Å². The van der Waals surface area contributed by atoms with E-state index in [0.29, 0.717) is 28.1 Å². The summed E-state index contributed by atoms with van der Waals surface area (Å²) in [5, 5.41) is 8.19. The number of halogens is 2. The molecule has 2 nitrogen and oxygen atoms in total. The van der Waals surface area contributed by atoms with Gasteiger partial charge in [-0.15, -0.1) is 0 Å². The molecule has 0 aliphatic carbocycles. The minimum Gasteiger partial charge on any atom is -0.206 e. The van der Waals surface area contributed by atoms with Crippen LogP contribution in [0.15, 0.2) is 42.5 Å². The fourth-order valence-electron chi connectivity index (χ4n) is 2.81. The molecule has 1 heterocycles. The maximum absolute atomic E-state index is 14.5. The lowest BCUT2D eigenvalue weighted by molar-refractivity contribution is 0.587. The highest BCUT2D eigenvalue weighted by Crippen LogP contribution is 2.38. The Bertz CT molecular complexity index is 852. The Hall–Kier alpha value is -2.62. The van der Waals surface area contributed by atoms with Crippen molar-refractivity contribution in [3.63, 3.8) is 0 Å². The summed E-state index contributed by atoms with van der Waals surface area (Å²) in [6.45, 7) is 9.17. The number of hydrogen-bond donors (Lipinski definition) is 0. The van der Waals surface area contributed by atoms with Crippen LogP contribution >= 0.6 is 0 Å². The van der Waals surface area contributed by atoms with Gasteiger partial charge in [0.15, 0.2) is 0 Å². The number of aromatic nitrogens is 2. The molecule has 4 heteroatoms. The summed E-state index contributed by atoms with van der Waals surface area (Å²) in [6.07, 6.45) is 0. The first-order valence-electron chi connectivity index (χ1n) is 8.34. The van der Waals surface area contributed by atoms with Gasteiger partial charge in [-0.3, -0.25) is 0 Å². The molecule has 0 atom stereocenters. The van der Waals surface area contributed by atoms with Gasteiger partial charge >= 0.3 is 0 Å². The molecule has 25 heavy (non-hydrogen) atoms. The van der Waals surface area contributed by atoms with Crippen LogP contribution in [0.1, 0.15) is 30.8 Å². The monoisotopic (exact) mass is 340 g/mol. The molecule has 0 aliphatic rings. The fourth-order valence-corrected chi connectivity index (χ4v) is 2.81. The van der Waals surface area contributed by atoms with Crippen LogP contribution in [0.2, 0.25) is 0 Å². The van der Waals surface area contributed by atoms with Gasteiger partial charge in [0.05, 0.1) is 17.0 Å². The van der Waals surface area contributed by atoms with E-state index in [0.717, 1.165) is 5.56 Å². The minimum absolute atomic E-state index is 0.0510. The summed E-state index contributed by atoms with van der Waals surface area (Å²) < 4.78 is 29.0. The third-order valence-corrected chi connectivity index (χ3v) is 3.82. The van der Waals surface area contributed by atoms with E-state index in [4.69, 9.17) is 0 Å². The number of benzene rings is 2. The second-order valence-electron chi connectivity index (χ2n) is 5.59. The largest absolute Gasteiger partial charge is 0.206 e. The number of aryl methyl sites for hydroxylation is 3. The molecule has 2 aromatic carbocycles. The SMILES string of the molecule is CC.Cc1cc(F)c(-c2c(C)nnc(C)c2-c2ccccc2)c(F)c1. The highest BCUT2D eigenvalue weighted by molar-refractivity contribution is 5.86. The van der Waals surface area contributed by atoms with Crippen molar-refractivity contribution in [1.82, 2.24) is 10.2 Å². The predicted molar refractivity (Wildman–Crippen MR) is 98.4 cm³/mol. The van der Waals surface area contributed by atoms with Crippen LogP contribution < -0.4 is 0 Å². The second-order valence-corrected chi connectivity index (χ2v) is 5.59. The standard InChI is InChI=1S/C19H16F2N2.C2H6/c1-11-9-15(20)19(16(21)10-11)18-13(3)23-22-12(2)17(18)14-7-5-4-6-8-14;1-2/h4-10H,1-3H3;1-2H3. The third-order valence-electron chi connectivity index (χ3n) is 3.82. The lowest BCUT2D eigenvalue weighted by atomic mass is 9.91. The van der Waals surface area contributed by atoms with E-state index in [-0.39, 0.29) is 5.56 Å². The maximum atomic E-state index is 14.5. The number of nitrogens with zero attached hydrogens (tertiary/aromatic N) is 2. The van der Waals surface area contributed by atoms with Crippen LogP contribution in [0.4, 0.5) is 8.78 Å². The van der Waals surface area contributed by atoms with Crippen molar-refractivity contribution in [2.24, 2.45) is 0 Å². The molecule has 0 bridgehead atoms. The molecule has 0 aliphatic heterocycles. The maximum Gasteiger partial charge on any atom is 0.134 e. The molecule has 0 fully saturated rings. The summed E-state index contributed by atoms with van der Waals surface area (Å²) >= 11 is 0. The summed E-state index contributed by atoms with van der Waals surface area (Å²) in [5.41, 5.74) is 3.65. The van der Waals surface area contributed by atoms with Crippen LogP contribution in [0.25, 0.3) is 22.3 Å². The van der Waals surface area contributed by atoms with Gasteiger partial charge < -0.3 is 0 Å². The summed E-state index contributed by atoms with van der Waals surface area (Å²) in [5.74, 6) is -1.18. The molecule has 3 aromatic rings. The molecule has 1 aromatic heterocycles. The Labute approximate surface area is 147 Å². The predicted octanol–water partition coefficient (Wildman–Crippen LogP) is 6.04. The number of rotatable bonds is 2. The van der Waals surface area contributed by atoms with Crippen molar-refractivity contribution in [1.29, 1.82) is 0 Å². The Kier molecular flexibility index (Phi) is 5.97. The van der Waals surface area contributed by atoms with E-state index in [9.17, 15) is 8.78 Å². The molecule has 0 N–H and O–H groups in total. The molecule has 0 spiro atoms. The zero-order valence-electron chi connectivity index (χ0n) is 15.2. The molecule has 0 saturated heterocycles. The summed E-state index contributed by atoms with van der Waals surface area (Å²) in [7, 11) is 0. The Morgan fingerprint density at radius 1 is 0.680 bits per heavy atom. The fraction of sp³-hybridized carbons (Fsp3) is 0.238. The van der Waals surface area contributed by atoms with Gasteiger partial charge in [-0.05, 0) is 44.0 Å². The van der Waals surface area contributed by atoms with Crippen molar-refractivity contribution >= 4 is 0 Å². The lowest BCUT2D eigenvalue weighted by Gasteiger charge is -2.16. The van der Waals surface area contributed by atoms with Crippen LogP contribution in [0.5, 0.6) is 0 Å². The van der Waals surface area contributed by atoms with Gasteiger partial charge in [-0.25, -0.2) is 8.78 Å². The van der Waals surface area contributed by atoms with Gasteiger partial charge in [0, 0.05) is 11.1 Å². The lowest BCUT2D eigenvalue weighted by Crippen LogP contribution is -2.03. The van der Waals surface area contributed by atoms with Crippen LogP contribution in [-0.4, -0.2) is 10.2 Å². The van der Waals surface area contributed by atoms with Crippen molar-refractivity contribution in [2.75, 3.05) is 0 Å². The van der Waals surface area contributed by atoms with E-state index in [1.807, 2.05) is 44.2 Å². The highest BCUT2D eigenvalue weighted by Gasteiger charge is 2.21. The Morgan fingerprint density at radius 3 is 1.68 bits per heavy atom. The molecule has 0 saturated carbocycles. The molecule has 130 valence electrons. The quantitative estimate of drug-likeness (QED) is 0.568. The van der Waals surface area contributed by atoms with Gasteiger partial charge in [0.1, 0.15) is 11.6 Å². The van der Waals surface area contributed by atoms with Crippen LogP contribution in [0.3, 0.4) is 0 Å². The minimum atomic E-state index is -0.588. The summed E-state index contributed by atoms with van der Waals surface area (Å²) in [6, 6.07) is 12.1. The van der Waals surface area contributed by atoms with Crippen molar-refractivity contribution in [3.05, 3.63) is 71.1 Å². The average Bonchev–Trinajstić information content (AvgIpc) is 2.60. The van der Waals surface area contributed by atoms with Crippen molar-refractivity contribution in [2.45, 2.75) is 34.6 Å². The topological polar surface area (TPSA) is 25.8 Å². The van der Waals surface area contributed by atoms with E-state index in [2.05, 4.69) is 10.2 Å². The van der Waals surface area contributed by atoms with Gasteiger partial charge in [-0.2, -0.15) is 10.2 Å². The smallest absolute Gasteiger partial charge is 0.134 e. The highest BCUT2D eigenvalue weighted by atomic mass is 19.1. The van der Waals surface area contributed by atoms with E-state index in [1.54, 1.807) is 20.8 Å². The van der Waals surface area contributed by atoms with Gasteiger partial charge in [-0.1, -0.05) is 44.2 Å². The molecular weight excluding hydrogens is 318 g/mol. The second kappa shape index (κ2) is 7.97. The zero-order chi connectivity index (χ0) is 18.6. The van der Waals surface area contributed by atoms with E-state index >= 15 is 0 Å². The molecule has 0 radical (unpaired) electrons. The zero-order valence-corrected chi connectivity index (χ0v) is 15.2.